The van der Waals surface area contributed by atoms with Gasteiger partial charge in [0.25, 0.3) is 0 Å². The van der Waals surface area contributed by atoms with Gasteiger partial charge in [-0.2, -0.15) is 0 Å². The van der Waals surface area contributed by atoms with E-state index < -0.39 is 0 Å². The highest BCUT2D eigenvalue weighted by Gasteiger charge is 2.19. The van der Waals surface area contributed by atoms with Crippen molar-refractivity contribution in [3.63, 3.8) is 0 Å². The number of halogens is 1. The Hall–Kier alpha value is -0.380. The number of rotatable bonds is 7. The fraction of sp³-hybridized carbons (Fsp3) is 0.647. The van der Waals surface area contributed by atoms with E-state index in [2.05, 4.69) is 64.4 Å². The van der Waals surface area contributed by atoms with E-state index in [1.165, 1.54) is 35.7 Å². The van der Waals surface area contributed by atoms with Crippen molar-refractivity contribution in [2.24, 2.45) is 0 Å². The van der Waals surface area contributed by atoms with Crippen molar-refractivity contribution >= 4 is 15.9 Å². The second-order valence-electron chi connectivity index (χ2n) is 5.89. The maximum Gasteiger partial charge on any atom is 0.0318 e. The van der Waals surface area contributed by atoms with Gasteiger partial charge in [-0.25, -0.2) is 0 Å². The van der Waals surface area contributed by atoms with Crippen molar-refractivity contribution in [3.8, 4) is 0 Å². The highest BCUT2D eigenvalue weighted by molar-refractivity contribution is 9.10. The summed E-state index contributed by atoms with van der Waals surface area (Å²) >= 11 is 3.56. The normalized spacial score (nSPS) is 17.8. The van der Waals surface area contributed by atoms with Crippen LogP contribution >= 0.6 is 15.9 Å². The molecule has 2 rings (SSSR count). The summed E-state index contributed by atoms with van der Waals surface area (Å²) in [5.74, 6) is 0. The maximum atomic E-state index is 3.70. The Labute approximate surface area is 132 Å². The fourth-order valence-corrected chi connectivity index (χ4v) is 3.58. The van der Waals surface area contributed by atoms with E-state index in [9.17, 15) is 0 Å². The largest absolute Gasteiger partial charge is 0.309 e. The van der Waals surface area contributed by atoms with Crippen LogP contribution in [0.2, 0.25) is 0 Å². The maximum absolute atomic E-state index is 3.70. The Morgan fingerprint density at radius 1 is 1.35 bits per heavy atom. The quantitative estimate of drug-likeness (QED) is 0.794. The first-order chi connectivity index (χ1) is 9.70. The topological polar surface area (TPSA) is 15.3 Å². The molecule has 2 nitrogen and oxygen atoms in total. The third-order valence-corrected chi connectivity index (χ3v) is 4.96. The average Bonchev–Trinajstić information content (AvgIpc) is 2.97. The molecule has 0 aliphatic heterocycles. The molecule has 1 saturated carbocycles. The molecule has 112 valence electrons. The number of likely N-dealkylation sites (N-methyl/N-ethyl adjacent to an activating group) is 1. The van der Waals surface area contributed by atoms with Gasteiger partial charge in [-0.1, -0.05) is 47.8 Å². The van der Waals surface area contributed by atoms with E-state index in [4.69, 9.17) is 0 Å². The summed E-state index contributed by atoms with van der Waals surface area (Å²) < 4.78 is 1.17. The molecule has 0 bridgehead atoms. The SMILES string of the molecule is CCC(NCCN(C)C1CCCC1)c1cccc(Br)c1. The van der Waals surface area contributed by atoms with Crippen molar-refractivity contribution < 1.29 is 0 Å². The minimum atomic E-state index is 0.462. The minimum absolute atomic E-state index is 0.462. The summed E-state index contributed by atoms with van der Waals surface area (Å²) in [4.78, 5) is 2.54. The molecular weight excluding hydrogens is 312 g/mol. The van der Waals surface area contributed by atoms with Crippen molar-refractivity contribution in [2.45, 2.75) is 51.1 Å². The van der Waals surface area contributed by atoms with E-state index in [-0.39, 0.29) is 0 Å². The van der Waals surface area contributed by atoms with Crippen LogP contribution in [-0.2, 0) is 0 Å². The molecule has 1 aliphatic rings. The Morgan fingerprint density at radius 3 is 2.75 bits per heavy atom. The standard InChI is InChI=1S/C17H27BrN2/c1-3-17(14-7-6-8-15(18)13-14)19-11-12-20(2)16-9-4-5-10-16/h6-8,13,16-17,19H,3-5,9-12H2,1-2H3. The zero-order valence-corrected chi connectivity index (χ0v) is 14.3. The zero-order chi connectivity index (χ0) is 14.4. The third kappa shape index (κ3) is 4.57. The van der Waals surface area contributed by atoms with Gasteiger partial charge in [0.1, 0.15) is 0 Å². The van der Waals surface area contributed by atoms with Gasteiger partial charge >= 0.3 is 0 Å². The average molecular weight is 339 g/mol. The van der Waals surface area contributed by atoms with E-state index in [1.54, 1.807) is 0 Å². The molecule has 1 N–H and O–H groups in total. The first kappa shape index (κ1) is 16.0. The van der Waals surface area contributed by atoms with Crippen LogP contribution in [0.5, 0.6) is 0 Å². The van der Waals surface area contributed by atoms with E-state index in [1.807, 2.05) is 0 Å². The molecule has 0 saturated heterocycles. The van der Waals surface area contributed by atoms with E-state index in [0.29, 0.717) is 6.04 Å². The predicted octanol–water partition coefficient (Wildman–Crippen LogP) is 4.36. The molecule has 1 aliphatic carbocycles. The van der Waals surface area contributed by atoms with Crippen molar-refractivity contribution in [2.75, 3.05) is 20.1 Å². The van der Waals surface area contributed by atoms with Gasteiger partial charge in [0.05, 0.1) is 0 Å². The van der Waals surface area contributed by atoms with E-state index in [0.717, 1.165) is 25.6 Å². The number of hydrogen-bond donors (Lipinski definition) is 1. The summed E-state index contributed by atoms with van der Waals surface area (Å²) in [7, 11) is 2.28. The van der Waals surface area contributed by atoms with Crippen LogP contribution in [0, 0.1) is 0 Å². The lowest BCUT2D eigenvalue weighted by Crippen LogP contribution is -2.36. The predicted molar refractivity (Wildman–Crippen MR) is 90.1 cm³/mol. The summed E-state index contributed by atoms with van der Waals surface area (Å²) in [5, 5.41) is 3.70. The van der Waals surface area contributed by atoms with Crippen LogP contribution in [0.25, 0.3) is 0 Å². The van der Waals surface area contributed by atoms with Gasteiger partial charge in [0, 0.05) is 29.6 Å². The van der Waals surface area contributed by atoms with Crippen LogP contribution in [0.4, 0.5) is 0 Å². The Bertz CT molecular complexity index is 402. The molecule has 1 atom stereocenters. The Morgan fingerprint density at radius 2 is 2.10 bits per heavy atom. The summed E-state index contributed by atoms with van der Waals surface area (Å²) in [6.45, 7) is 4.46. The molecule has 0 aromatic heterocycles. The lowest BCUT2D eigenvalue weighted by Gasteiger charge is -2.25. The van der Waals surface area contributed by atoms with Crippen LogP contribution in [-0.4, -0.2) is 31.1 Å². The lowest BCUT2D eigenvalue weighted by atomic mass is 10.0. The Kier molecular flexibility index (Phi) is 6.53. The molecule has 1 aromatic rings. The highest BCUT2D eigenvalue weighted by atomic mass is 79.9. The monoisotopic (exact) mass is 338 g/mol. The van der Waals surface area contributed by atoms with Gasteiger partial charge in [-0.05, 0) is 44.0 Å². The first-order valence-corrected chi connectivity index (χ1v) is 8.69. The molecule has 0 heterocycles. The fourth-order valence-electron chi connectivity index (χ4n) is 3.16. The second-order valence-corrected chi connectivity index (χ2v) is 6.80. The lowest BCUT2D eigenvalue weighted by molar-refractivity contribution is 0.242. The number of nitrogens with one attached hydrogen (secondary N) is 1. The highest BCUT2D eigenvalue weighted by Crippen LogP contribution is 2.23. The minimum Gasteiger partial charge on any atom is -0.309 e. The molecular formula is C17H27BrN2. The molecule has 3 heteroatoms. The van der Waals surface area contributed by atoms with E-state index >= 15 is 0 Å². The summed E-state index contributed by atoms with van der Waals surface area (Å²) in [6.07, 6.45) is 6.73. The van der Waals surface area contributed by atoms with Gasteiger partial charge in [0.2, 0.25) is 0 Å². The molecule has 0 amide bonds. The Balaban J connectivity index is 1.79. The number of nitrogens with zero attached hydrogens (tertiary/aromatic N) is 1. The van der Waals surface area contributed by atoms with Gasteiger partial charge < -0.3 is 10.2 Å². The molecule has 0 spiro atoms. The number of benzene rings is 1. The molecule has 1 fully saturated rings. The van der Waals surface area contributed by atoms with Gasteiger partial charge in [0.15, 0.2) is 0 Å². The molecule has 20 heavy (non-hydrogen) atoms. The van der Waals surface area contributed by atoms with Crippen molar-refractivity contribution in [1.29, 1.82) is 0 Å². The van der Waals surface area contributed by atoms with Gasteiger partial charge in [-0.3, -0.25) is 0 Å². The van der Waals surface area contributed by atoms with Crippen LogP contribution in [0.1, 0.15) is 50.6 Å². The van der Waals surface area contributed by atoms with Crippen molar-refractivity contribution in [3.05, 3.63) is 34.3 Å². The smallest absolute Gasteiger partial charge is 0.0318 e. The van der Waals surface area contributed by atoms with Crippen LogP contribution in [0.15, 0.2) is 28.7 Å². The third-order valence-electron chi connectivity index (χ3n) is 4.46. The summed E-state index contributed by atoms with van der Waals surface area (Å²) in [5.41, 5.74) is 1.38. The van der Waals surface area contributed by atoms with Gasteiger partial charge in [-0.15, -0.1) is 0 Å². The second kappa shape index (κ2) is 8.16. The van der Waals surface area contributed by atoms with Crippen LogP contribution in [0.3, 0.4) is 0 Å². The number of hydrogen-bond acceptors (Lipinski definition) is 2. The molecule has 1 aromatic carbocycles. The summed E-state index contributed by atoms with van der Waals surface area (Å²) in [6, 6.07) is 9.93. The first-order valence-electron chi connectivity index (χ1n) is 7.89. The van der Waals surface area contributed by atoms with Crippen LogP contribution < -0.4 is 5.32 Å². The zero-order valence-electron chi connectivity index (χ0n) is 12.7. The molecule has 0 radical (unpaired) electrons. The molecule has 1 unspecified atom stereocenters. The van der Waals surface area contributed by atoms with Crippen molar-refractivity contribution in [1.82, 2.24) is 10.2 Å².